The predicted molar refractivity (Wildman–Crippen MR) is 163 cm³/mol. The molecule has 3 rings (SSSR count). The number of esters is 1. The number of allylic oxidation sites excluding steroid dienone is 1. The smallest absolute Gasteiger partial charge is 0.312 e. The van der Waals surface area contributed by atoms with Gasteiger partial charge in [-0.15, -0.1) is 13.2 Å². The van der Waals surface area contributed by atoms with Gasteiger partial charge in [-0.2, -0.15) is 0 Å². The second kappa shape index (κ2) is 16.0. The van der Waals surface area contributed by atoms with Gasteiger partial charge < -0.3 is 29.7 Å². The first kappa shape index (κ1) is 34.3. The number of hydrogen-bond donors (Lipinski definition) is 2. The van der Waals surface area contributed by atoms with Crippen LogP contribution in [0.3, 0.4) is 0 Å². The second-order valence-corrected chi connectivity index (χ2v) is 12.8. The average Bonchev–Trinajstić information content (AvgIpc) is 3.55. The van der Waals surface area contributed by atoms with Crippen LogP contribution < -0.4 is 5.32 Å². The van der Waals surface area contributed by atoms with E-state index < -0.39 is 41.7 Å². The van der Waals surface area contributed by atoms with Crippen molar-refractivity contribution in [2.45, 2.75) is 100 Å². The molecule has 3 aliphatic heterocycles. The summed E-state index contributed by atoms with van der Waals surface area (Å²) in [5.74, 6) is -2.89. The van der Waals surface area contributed by atoms with Crippen LogP contribution in [0.5, 0.6) is 0 Å². The van der Waals surface area contributed by atoms with E-state index in [9.17, 15) is 24.3 Å². The lowest BCUT2D eigenvalue weighted by atomic mass is 9.70. The molecule has 10 nitrogen and oxygen atoms in total. The predicted octanol–water partition coefficient (Wildman–Crippen LogP) is 3.12. The summed E-state index contributed by atoms with van der Waals surface area (Å²) in [5, 5.41) is 12.0. The number of halogens is 1. The Labute approximate surface area is 258 Å². The second-order valence-electron chi connectivity index (χ2n) is 11.6. The van der Waals surface area contributed by atoms with E-state index in [1.165, 1.54) is 0 Å². The van der Waals surface area contributed by atoms with Gasteiger partial charge in [-0.05, 0) is 45.4 Å². The van der Waals surface area contributed by atoms with Crippen LogP contribution in [-0.2, 0) is 28.7 Å². The van der Waals surface area contributed by atoms with Crippen LogP contribution in [0.4, 0.5) is 0 Å². The van der Waals surface area contributed by atoms with Crippen molar-refractivity contribution in [3.63, 3.8) is 0 Å². The molecule has 42 heavy (non-hydrogen) atoms. The zero-order valence-corrected chi connectivity index (χ0v) is 26.7. The van der Waals surface area contributed by atoms with Crippen LogP contribution in [0.25, 0.3) is 0 Å². The van der Waals surface area contributed by atoms with Crippen molar-refractivity contribution in [2.24, 2.45) is 11.8 Å². The van der Waals surface area contributed by atoms with Gasteiger partial charge in [-0.3, -0.25) is 19.2 Å². The van der Waals surface area contributed by atoms with E-state index in [1.807, 2.05) is 0 Å². The molecule has 2 bridgehead atoms. The zero-order valence-electron chi connectivity index (χ0n) is 25.1. The maximum atomic E-state index is 14.3. The molecule has 0 radical (unpaired) electrons. The molecular formula is C31H48BrN3O7. The van der Waals surface area contributed by atoms with Gasteiger partial charge in [-0.25, -0.2) is 0 Å². The fourth-order valence-corrected chi connectivity index (χ4v) is 7.50. The van der Waals surface area contributed by atoms with Gasteiger partial charge in [0, 0.05) is 37.5 Å². The fraction of sp³-hybridized carbons (Fsp3) is 0.742. The SMILES string of the molecule is C=CCCC(=O)NC[C@H](C)OC(=O)[C@H]1[C@@H]2O[C@@]3(CC2Br)[C@@H]1C(=O)N(CCCCCO)[C@@H]3C(=O)N(CC=C)CCCCC. The Morgan fingerprint density at radius 1 is 1.24 bits per heavy atom. The topological polar surface area (TPSA) is 125 Å². The molecule has 3 aliphatic rings. The number of likely N-dealkylation sites (tertiary alicyclic amines) is 1. The first-order valence-corrected chi connectivity index (χ1v) is 16.3. The number of carbonyl (C=O) groups is 4. The molecule has 0 aliphatic carbocycles. The quantitative estimate of drug-likeness (QED) is 0.0950. The summed E-state index contributed by atoms with van der Waals surface area (Å²) in [6.07, 6.45) is 8.18. The lowest BCUT2D eigenvalue weighted by Gasteiger charge is -2.37. The Morgan fingerprint density at radius 2 is 2.00 bits per heavy atom. The molecule has 0 aromatic carbocycles. The largest absolute Gasteiger partial charge is 0.460 e. The van der Waals surface area contributed by atoms with Crippen LogP contribution in [0.1, 0.15) is 71.6 Å². The van der Waals surface area contributed by atoms with Gasteiger partial charge in [-0.1, -0.05) is 47.8 Å². The zero-order chi connectivity index (χ0) is 30.9. The van der Waals surface area contributed by atoms with E-state index in [0.29, 0.717) is 58.2 Å². The normalized spacial score (nSPS) is 28.3. The van der Waals surface area contributed by atoms with Crippen LogP contribution in [-0.4, -0.2) is 100 Å². The molecule has 0 aromatic heterocycles. The van der Waals surface area contributed by atoms with Crippen LogP contribution >= 0.6 is 15.9 Å². The van der Waals surface area contributed by atoms with Gasteiger partial charge in [0.15, 0.2) is 0 Å². The third kappa shape index (κ3) is 7.45. The van der Waals surface area contributed by atoms with Crippen LogP contribution in [0, 0.1) is 11.8 Å². The Hall–Kier alpha value is -2.24. The number of fused-ring (bicyclic) bond motifs is 1. The number of nitrogens with one attached hydrogen (secondary N) is 1. The minimum absolute atomic E-state index is 0.0598. The molecule has 236 valence electrons. The molecule has 3 heterocycles. The lowest BCUT2D eigenvalue weighted by molar-refractivity contribution is -0.159. The number of aliphatic hydroxyl groups excluding tert-OH is 1. The third-order valence-electron chi connectivity index (χ3n) is 8.52. The maximum absolute atomic E-state index is 14.3. The minimum atomic E-state index is -1.15. The molecular weight excluding hydrogens is 606 g/mol. The van der Waals surface area contributed by atoms with Crippen molar-refractivity contribution in [1.29, 1.82) is 0 Å². The first-order valence-electron chi connectivity index (χ1n) is 15.4. The summed E-state index contributed by atoms with van der Waals surface area (Å²) < 4.78 is 12.3. The standard InChI is InChI=1S/C31H48BrN3O7/c1-5-8-11-16-34(15-7-3)29(39)27-31-19-22(32)26(42-31)24(25(31)28(38)35(27)17-12-10-13-18-36)30(40)41-21(4)20-33-23(37)14-9-6-2/h6-7,21-22,24-27,36H,2-3,5,8-20H2,1,4H3,(H,33,37)/t21-,22?,24+,25-,26+,27+,31-/m0/s1. The summed E-state index contributed by atoms with van der Waals surface area (Å²) in [5.41, 5.74) is -1.15. The molecule has 1 spiro atoms. The molecule has 7 atom stereocenters. The number of hydrogen-bond acceptors (Lipinski definition) is 7. The van der Waals surface area contributed by atoms with Crippen molar-refractivity contribution < 1.29 is 33.8 Å². The molecule has 1 unspecified atom stereocenters. The van der Waals surface area contributed by atoms with Crippen molar-refractivity contribution in [3.8, 4) is 0 Å². The third-order valence-corrected chi connectivity index (χ3v) is 9.37. The van der Waals surface area contributed by atoms with Gasteiger partial charge in [0.25, 0.3) is 0 Å². The number of carbonyl (C=O) groups excluding carboxylic acids is 4. The summed E-state index contributed by atoms with van der Waals surface area (Å²) in [7, 11) is 0. The van der Waals surface area contributed by atoms with Crippen molar-refractivity contribution >= 4 is 39.6 Å². The number of alkyl halides is 1. The highest BCUT2D eigenvalue weighted by Crippen LogP contribution is 2.60. The van der Waals surface area contributed by atoms with Crippen LogP contribution in [0.15, 0.2) is 25.3 Å². The molecule has 0 aromatic rings. The number of rotatable bonds is 19. The average molecular weight is 655 g/mol. The number of aliphatic hydroxyl groups is 1. The van der Waals surface area contributed by atoms with E-state index in [1.54, 1.807) is 28.9 Å². The monoisotopic (exact) mass is 653 g/mol. The maximum Gasteiger partial charge on any atom is 0.312 e. The first-order chi connectivity index (χ1) is 20.2. The highest BCUT2D eigenvalue weighted by molar-refractivity contribution is 9.09. The summed E-state index contributed by atoms with van der Waals surface area (Å²) >= 11 is 3.69. The molecule has 11 heteroatoms. The summed E-state index contributed by atoms with van der Waals surface area (Å²) in [6.45, 7) is 12.7. The number of unbranched alkanes of at least 4 members (excludes halogenated alkanes) is 4. The molecule has 2 N–H and O–H groups in total. The Kier molecular flexibility index (Phi) is 13.1. The van der Waals surface area contributed by atoms with E-state index >= 15 is 0 Å². The van der Waals surface area contributed by atoms with Crippen molar-refractivity contribution in [3.05, 3.63) is 25.3 Å². The van der Waals surface area contributed by atoms with E-state index in [4.69, 9.17) is 9.47 Å². The van der Waals surface area contributed by atoms with Gasteiger partial charge in [0.2, 0.25) is 17.7 Å². The van der Waals surface area contributed by atoms with Gasteiger partial charge in [0.05, 0.1) is 24.5 Å². The highest BCUT2D eigenvalue weighted by atomic mass is 79.9. The fourth-order valence-electron chi connectivity index (χ4n) is 6.56. The lowest BCUT2D eigenvalue weighted by Crippen LogP contribution is -2.57. The number of nitrogens with zero attached hydrogens (tertiary/aromatic N) is 2. The highest BCUT2D eigenvalue weighted by Gasteiger charge is 2.77. The molecule has 3 amide bonds. The van der Waals surface area contributed by atoms with Crippen molar-refractivity contribution in [2.75, 3.05) is 32.8 Å². The number of ether oxygens (including phenoxy) is 2. The summed E-state index contributed by atoms with van der Waals surface area (Å²) in [4.78, 5) is 57.2. The van der Waals surface area contributed by atoms with Crippen LogP contribution in [0.2, 0.25) is 0 Å². The Bertz CT molecular complexity index is 994. The van der Waals surface area contributed by atoms with E-state index in [0.717, 1.165) is 19.3 Å². The molecule has 3 fully saturated rings. The summed E-state index contributed by atoms with van der Waals surface area (Å²) in [6, 6.07) is -0.866. The Morgan fingerprint density at radius 3 is 2.67 bits per heavy atom. The van der Waals surface area contributed by atoms with Crippen molar-refractivity contribution in [1.82, 2.24) is 15.1 Å². The van der Waals surface area contributed by atoms with Gasteiger partial charge in [0.1, 0.15) is 17.7 Å². The molecule has 0 saturated carbocycles. The van der Waals surface area contributed by atoms with E-state index in [2.05, 4.69) is 41.3 Å². The molecule has 3 saturated heterocycles. The number of amides is 3. The van der Waals surface area contributed by atoms with E-state index in [-0.39, 0.29) is 35.7 Å². The Balaban J connectivity index is 1.86. The minimum Gasteiger partial charge on any atom is -0.460 e. The van der Waals surface area contributed by atoms with Gasteiger partial charge >= 0.3 is 5.97 Å².